The first-order valence-electron chi connectivity index (χ1n) is 5.69. The summed E-state index contributed by atoms with van der Waals surface area (Å²) in [6.45, 7) is 1.77. The van der Waals surface area contributed by atoms with Crippen LogP contribution in [0.3, 0.4) is 0 Å². The Bertz CT molecular complexity index is 376. The monoisotopic (exact) mass is 234 g/mol. The summed E-state index contributed by atoms with van der Waals surface area (Å²) in [6, 6.07) is 9.61. The molecule has 1 aromatic carbocycles. The third kappa shape index (κ3) is 5.70. The summed E-state index contributed by atoms with van der Waals surface area (Å²) in [5.41, 5.74) is 6.17. The third-order valence-electron chi connectivity index (χ3n) is 2.40. The van der Waals surface area contributed by atoms with E-state index in [1.54, 1.807) is 6.92 Å². The van der Waals surface area contributed by atoms with Gasteiger partial charge in [0.25, 0.3) is 0 Å². The zero-order valence-electron chi connectivity index (χ0n) is 9.98. The second-order valence-corrected chi connectivity index (χ2v) is 4.12. The Hall–Kier alpha value is -1.84. The maximum atomic E-state index is 11.5. The molecule has 0 saturated heterocycles. The molecule has 92 valence electrons. The highest BCUT2D eigenvalue weighted by Crippen LogP contribution is 2.02. The molecule has 1 aromatic rings. The third-order valence-corrected chi connectivity index (χ3v) is 2.40. The van der Waals surface area contributed by atoms with Crippen molar-refractivity contribution in [3.05, 3.63) is 35.9 Å². The first-order chi connectivity index (χ1) is 8.08. The van der Waals surface area contributed by atoms with Crippen molar-refractivity contribution in [2.75, 3.05) is 0 Å². The number of hydrogen-bond donors (Lipinski definition) is 2. The predicted molar refractivity (Wildman–Crippen MR) is 66.2 cm³/mol. The van der Waals surface area contributed by atoms with Crippen molar-refractivity contribution in [1.82, 2.24) is 5.32 Å². The van der Waals surface area contributed by atoms with Crippen LogP contribution in [-0.4, -0.2) is 17.9 Å². The van der Waals surface area contributed by atoms with Gasteiger partial charge in [-0.2, -0.15) is 0 Å². The minimum atomic E-state index is -0.402. The lowest BCUT2D eigenvalue weighted by atomic mass is 10.1. The average molecular weight is 234 g/mol. The summed E-state index contributed by atoms with van der Waals surface area (Å²) in [5.74, 6) is -0.455. The molecule has 1 atom stereocenters. The minimum absolute atomic E-state index is 0.0531. The fourth-order valence-corrected chi connectivity index (χ4v) is 1.60. The molecule has 17 heavy (non-hydrogen) atoms. The molecule has 0 radical (unpaired) electrons. The maximum absolute atomic E-state index is 11.5. The summed E-state index contributed by atoms with van der Waals surface area (Å²) < 4.78 is 0. The smallest absolute Gasteiger partial charge is 0.220 e. The highest BCUT2D eigenvalue weighted by molar-refractivity contribution is 5.78. The van der Waals surface area contributed by atoms with E-state index >= 15 is 0 Å². The second-order valence-electron chi connectivity index (χ2n) is 4.12. The topological polar surface area (TPSA) is 72.2 Å². The molecular formula is C13H18N2O2. The molecule has 0 unspecified atom stereocenters. The molecule has 0 aliphatic rings. The fourth-order valence-electron chi connectivity index (χ4n) is 1.60. The van der Waals surface area contributed by atoms with Crippen LogP contribution in [0.1, 0.15) is 25.3 Å². The lowest BCUT2D eigenvalue weighted by molar-refractivity contribution is -0.122. The van der Waals surface area contributed by atoms with Crippen LogP contribution in [0.2, 0.25) is 0 Å². The number of benzene rings is 1. The van der Waals surface area contributed by atoms with E-state index in [-0.39, 0.29) is 18.4 Å². The zero-order chi connectivity index (χ0) is 12.7. The van der Waals surface area contributed by atoms with E-state index in [9.17, 15) is 9.59 Å². The molecule has 0 aliphatic carbocycles. The Kier molecular flexibility index (Phi) is 5.20. The Morgan fingerprint density at radius 1 is 1.29 bits per heavy atom. The van der Waals surface area contributed by atoms with Crippen LogP contribution in [0.15, 0.2) is 30.3 Å². The average Bonchev–Trinajstić information content (AvgIpc) is 2.26. The number of carbonyl (C=O) groups is 2. The van der Waals surface area contributed by atoms with Crippen molar-refractivity contribution in [2.24, 2.45) is 5.73 Å². The summed E-state index contributed by atoms with van der Waals surface area (Å²) in [5, 5.41) is 2.74. The van der Waals surface area contributed by atoms with Gasteiger partial charge >= 0.3 is 0 Å². The summed E-state index contributed by atoms with van der Waals surface area (Å²) in [7, 11) is 0. The summed E-state index contributed by atoms with van der Waals surface area (Å²) in [4.78, 5) is 22.2. The maximum Gasteiger partial charge on any atom is 0.220 e. The van der Waals surface area contributed by atoms with Crippen molar-refractivity contribution in [3.8, 4) is 0 Å². The molecule has 2 amide bonds. The number of hydrogen-bond acceptors (Lipinski definition) is 2. The first-order valence-corrected chi connectivity index (χ1v) is 5.69. The van der Waals surface area contributed by atoms with Gasteiger partial charge in [0.1, 0.15) is 0 Å². The van der Waals surface area contributed by atoms with Crippen LogP contribution < -0.4 is 11.1 Å². The largest absolute Gasteiger partial charge is 0.370 e. The van der Waals surface area contributed by atoms with Crippen LogP contribution in [-0.2, 0) is 16.0 Å². The fraction of sp³-hybridized carbons (Fsp3) is 0.385. The minimum Gasteiger partial charge on any atom is -0.370 e. The lowest BCUT2D eigenvalue weighted by Gasteiger charge is -2.11. The number of carbonyl (C=O) groups excluding carboxylic acids is 2. The molecule has 0 spiro atoms. The van der Waals surface area contributed by atoms with Crippen LogP contribution in [0.4, 0.5) is 0 Å². The number of rotatable bonds is 6. The molecule has 4 nitrogen and oxygen atoms in total. The van der Waals surface area contributed by atoms with Crippen molar-refractivity contribution < 1.29 is 9.59 Å². The van der Waals surface area contributed by atoms with Gasteiger partial charge in [-0.05, 0) is 18.9 Å². The Labute approximate surface area is 101 Å². The first kappa shape index (κ1) is 13.2. The van der Waals surface area contributed by atoms with Crippen molar-refractivity contribution in [2.45, 2.75) is 32.2 Å². The molecule has 0 fully saturated rings. The van der Waals surface area contributed by atoms with Crippen molar-refractivity contribution in [3.63, 3.8) is 0 Å². The normalized spacial score (nSPS) is 11.8. The van der Waals surface area contributed by atoms with Crippen LogP contribution >= 0.6 is 0 Å². The van der Waals surface area contributed by atoms with Crippen LogP contribution in [0.25, 0.3) is 0 Å². The SMILES string of the molecule is C[C@H](CC(N)=O)NC(=O)CCc1ccccc1. The van der Waals surface area contributed by atoms with E-state index in [0.29, 0.717) is 12.8 Å². The molecule has 1 rings (SSSR count). The van der Waals surface area contributed by atoms with E-state index < -0.39 is 5.91 Å². The predicted octanol–water partition coefficient (Wildman–Crippen LogP) is 0.999. The molecule has 0 aromatic heterocycles. The Balaban J connectivity index is 2.28. The number of nitrogens with two attached hydrogens (primary N) is 1. The second kappa shape index (κ2) is 6.68. The van der Waals surface area contributed by atoms with Gasteiger partial charge in [-0.15, -0.1) is 0 Å². The van der Waals surface area contributed by atoms with Crippen LogP contribution in [0.5, 0.6) is 0 Å². The van der Waals surface area contributed by atoms with Gasteiger partial charge in [0.15, 0.2) is 0 Å². The van der Waals surface area contributed by atoms with Crippen molar-refractivity contribution >= 4 is 11.8 Å². The molecule has 3 N–H and O–H groups in total. The zero-order valence-corrected chi connectivity index (χ0v) is 9.98. The lowest BCUT2D eigenvalue weighted by Crippen LogP contribution is -2.35. The molecule has 0 heterocycles. The highest BCUT2D eigenvalue weighted by Gasteiger charge is 2.09. The quantitative estimate of drug-likeness (QED) is 0.770. The highest BCUT2D eigenvalue weighted by atomic mass is 16.2. The van der Waals surface area contributed by atoms with Gasteiger partial charge in [-0.3, -0.25) is 9.59 Å². The van der Waals surface area contributed by atoms with Gasteiger partial charge in [-0.25, -0.2) is 0 Å². The van der Waals surface area contributed by atoms with Gasteiger partial charge in [0.2, 0.25) is 11.8 Å². The number of primary amides is 1. The van der Waals surface area contributed by atoms with E-state index in [1.165, 1.54) is 0 Å². The van der Waals surface area contributed by atoms with Crippen molar-refractivity contribution in [1.29, 1.82) is 0 Å². The number of nitrogens with one attached hydrogen (secondary N) is 1. The molecular weight excluding hydrogens is 216 g/mol. The standard InChI is InChI=1S/C13H18N2O2/c1-10(9-12(14)16)15-13(17)8-7-11-5-3-2-4-6-11/h2-6,10H,7-9H2,1H3,(H2,14,16)(H,15,17)/t10-/m1/s1. The summed E-state index contributed by atoms with van der Waals surface area (Å²) >= 11 is 0. The van der Waals surface area contributed by atoms with E-state index in [1.807, 2.05) is 30.3 Å². The summed E-state index contributed by atoms with van der Waals surface area (Å²) in [6.07, 6.45) is 1.31. The molecule has 0 bridgehead atoms. The Morgan fingerprint density at radius 3 is 2.53 bits per heavy atom. The van der Waals surface area contributed by atoms with E-state index in [4.69, 9.17) is 5.73 Å². The van der Waals surface area contributed by atoms with Crippen LogP contribution in [0, 0.1) is 0 Å². The Morgan fingerprint density at radius 2 is 1.94 bits per heavy atom. The van der Waals surface area contributed by atoms with Gasteiger partial charge < -0.3 is 11.1 Å². The van der Waals surface area contributed by atoms with E-state index in [2.05, 4.69) is 5.32 Å². The number of amides is 2. The molecule has 4 heteroatoms. The van der Waals surface area contributed by atoms with Gasteiger partial charge in [0.05, 0.1) is 0 Å². The van der Waals surface area contributed by atoms with E-state index in [0.717, 1.165) is 5.56 Å². The molecule has 0 aliphatic heterocycles. The van der Waals surface area contributed by atoms with Gasteiger partial charge in [0, 0.05) is 18.9 Å². The number of aryl methyl sites for hydroxylation is 1. The van der Waals surface area contributed by atoms with Gasteiger partial charge in [-0.1, -0.05) is 30.3 Å². The molecule has 0 saturated carbocycles.